The molecule has 0 spiro atoms. The third-order valence-electron chi connectivity index (χ3n) is 2.02. The van der Waals surface area contributed by atoms with Gasteiger partial charge >= 0.3 is 6.36 Å². The van der Waals surface area contributed by atoms with Crippen LogP contribution in [0.5, 0.6) is 0 Å². The molecule has 19 heavy (non-hydrogen) atoms. The number of aromatic nitrogens is 3. The number of rotatable bonds is 8. The Morgan fingerprint density at radius 2 is 1.89 bits per heavy atom. The molecule has 110 valence electrons. The molecule has 0 unspecified atom stereocenters. The van der Waals surface area contributed by atoms with E-state index in [1.54, 1.807) is 13.8 Å². The van der Waals surface area contributed by atoms with Crippen LogP contribution < -0.4 is 0 Å². The van der Waals surface area contributed by atoms with Gasteiger partial charge in [-0.3, -0.25) is 4.74 Å². The smallest absolute Gasteiger partial charge is 0.347 e. The first-order chi connectivity index (χ1) is 8.96. The molecule has 0 radical (unpaired) electrons. The van der Waals surface area contributed by atoms with Gasteiger partial charge in [-0.25, -0.2) is 4.68 Å². The van der Waals surface area contributed by atoms with Crippen molar-refractivity contribution in [2.45, 2.75) is 33.0 Å². The maximum Gasteiger partial charge on any atom is 0.522 e. The van der Waals surface area contributed by atoms with Crippen LogP contribution in [0.4, 0.5) is 13.2 Å². The Morgan fingerprint density at radius 3 is 2.42 bits per heavy atom. The summed E-state index contributed by atoms with van der Waals surface area (Å²) in [4.78, 5) is 0. The second-order valence-corrected chi connectivity index (χ2v) is 3.44. The van der Waals surface area contributed by atoms with Gasteiger partial charge in [0.25, 0.3) is 0 Å². The first kappa shape index (κ1) is 15.9. The van der Waals surface area contributed by atoms with Crippen LogP contribution in [0.3, 0.4) is 0 Å². The maximum absolute atomic E-state index is 11.8. The van der Waals surface area contributed by atoms with Gasteiger partial charge in [0.15, 0.2) is 0 Å². The summed E-state index contributed by atoms with van der Waals surface area (Å²) < 4.78 is 50.8. The summed E-state index contributed by atoms with van der Waals surface area (Å²) in [6.07, 6.45) is -3.83. The third kappa shape index (κ3) is 5.99. The van der Waals surface area contributed by atoms with Crippen LogP contribution in [0.15, 0.2) is 6.20 Å². The Morgan fingerprint density at radius 1 is 1.26 bits per heavy atom. The Hall–Kier alpha value is -1.19. The summed E-state index contributed by atoms with van der Waals surface area (Å²) in [5, 5.41) is 7.48. The monoisotopic (exact) mass is 283 g/mol. The highest BCUT2D eigenvalue weighted by molar-refractivity contribution is 4.94. The molecular weight excluding hydrogens is 267 g/mol. The fraction of sp³-hybridized carbons (Fsp3) is 0.800. The molecule has 0 aliphatic heterocycles. The van der Waals surface area contributed by atoms with Crippen LogP contribution in [0.1, 0.15) is 25.8 Å². The molecular formula is C10H16F3N3O3. The molecule has 0 aromatic carbocycles. The molecule has 0 saturated heterocycles. The van der Waals surface area contributed by atoms with Gasteiger partial charge in [-0.15, -0.1) is 18.3 Å². The second-order valence-electron chi connectivity index (χ2n) is 3.44. The van der Waals surface area contributed by atoms with Gasteiger partial charge in [0.1, 0.15) is 5.69 Å². The van der Waals surface area contributed by atoms with Crippen molar-refractivity contribution < 1.29 is 27.4 Å². The molecule has 0 aliphatic rings. The van der Waals surface area contributed by atoms with E-state index in [2.05, 4.69) is 15.0 Å². The molecule has 0 amide bonds. The van der Waals surface area contributed by atoms with Crippen molar-refractivity contribution in [1.82, 2.24) is 15.0 Å². The van der Waals surface area contributed by atoms with E-state index in [4.69, 9.17) is 9.47 Å². The van der Waals surface area contributed by atoms with Crippen LogP contribution in [0, 0.1) is 0 Å². The molecule has 9 heteroatoms. The van der Waals surface area contributed by atoms with Gasteiger partial charge in [0.2, 0.25) is 6.29 Å². The van der Waals surface area contributed by atoms with E-state index in [1.165, 1.54) is 10.9 Å². The number of nitrogens with zero attached hydrogens (tertiary/aromatic N) is 3. The number of alkyl halides is 3. The summed E-state index contributed by atoms with van der Waals surface area (Å²) >= 11 is 0. The minimum absolute atomic E-state index is 0.0581. The summed E-state index contributed by atoms with van der Waals surface area (Å²) in [7, 11) is 0. The number of ether oxygens (including phenoxy) is 3. The lowest BCUT2D eigenvalue weighted by Crippen LogP contribution is -2.17. The van der Waals surface area contributed by atoms with Gasteiger partial charge in [-0.2, -0.15) is 0 Å². The lowest BCUT2D eigenvalue weighted by molar-refractivity contribution is -0.325. The highest BCUT2D eigenvalue weighted by Crippen LogP contribution is 2.17. The van der Waals surface area contributed by atoms with Gasteiger partial charge in [-0.1, -0.05) is 5.21 Å². The minimum Gasteiger partial charge on any atom is -0.347 e. The Kier molecular flexibility index (Phi) is 6.19. The highest BCUT2D eigenvalue weighted by Gasteiger charge is 2.28. The van der Waals surface area contributed by atoms with Gasteiger partial charge < -0.3 is 9.47 Å². The zero-order valence-electron chi connectivity index (χ0n) is 10.7. The normalized spacial score (nSPS) is 12.3. The second kappa shape index (κ2) is 7.41. The van der Waals surface area contributed by atoms with E-state index in [-0.39, 0.29) is 6.54 Å². The molecule has 0 saturated carbocycles. The molecule has 6 nitrogen and oxygen atoms in total. The van der Waals surface area contributed by atoms with Crippen LogP contribution in [0.2, 0.25) is 0 Å². The lowest BCUT2D eigenvalue weighted by Gasteiger charge is -2.13. The fourth-order valence-electron chi connectivity index (χ4n) is 1.31. The minimum atomic E-state index is -4.64. The van der Waals surface area contributed by atoms with Gasteiger partial charge in [0.05, 0.1) is 19.3 Å². The molecule has 1 aromatic rings. The Balaban J connectivity index is 2.50. The van der Waals surface area contributed by atoms with E-state index < -0.39 is 19.3 Å². The van der Waals surface area contributed by atoms with E-state index in [0.29, 0.717) is 18.9 Å². The SMILES string of the molecule is CCOC(OCC)c1cn(CCOC(F)(F)F)nn1. The van der Waals surface area contributed by atoms with Crippen LogP contribution >= 0.6 is 0 Å². The Bertz CT molecular complexity index is 364. The average Bonchev–Trinajstić information content (AvgIpc) is 2.76. The van der Waals surface area contributed by atoms with Crippen LogP contribution in [0.25, 0.3) is 0 Å². The summed E-state index contributed by atoms with van der Waals surface area (Å²) in [5.41, 5.74) is 0.413. The van der Waals surface area contributed by atoms with E-state index in [1.807, 2.05) is 0 Å². The lowest BCUT2D eigenvalue weighted by atomic mass is 10.4. The third-order valence-corrected chi connectivity index (χ3v) is 2.02. The highest BCUT2D eigenvalue weighted by atomic mass is 19.4. The molecule has 0 bridgehead atoms. The zero-order chi connectivity index (χ0) is 14.3. The van der Waals surface area contributed by atoms with Crippen molar-refractivity contribution >= 4 is 0 Å². The predicted molar refractivity (Wildman–Crippen MR) is 58.0 cm³/mol. The summed E-state index contributed by atoms with van der Waals surface area (Å²) in [6.45, 7) is 3.86. The van der Waals surface area contributed by atoms with E-state index in [0.717, 1.165) is 0 Å². The van der Waals surface area contributed by atoms with Gasteiger partial charge in [0, 0.05) is 13.2 Å². The summed E-state index contributed by atoms with van der Waals surface area (Å²) in [5.74, 6) is 0. The standard InChI is InChI=1S/C10H16F3N3O3/c1-3-17-9(18-4-2)8-7-16(15-14-8)5-6-19-10(11,12)13/h7,9H,3-6H2,1-2H3. The first-order valence-corrected chi connectivity index (χ1v) is 5.80. The van der Waals surface area contributed by atoms with Gasteiger partial charge in [-0.05, 0) is 13.8 Å². The van der Waals surface area contributed by atoms with Crippen molar-refractivity contribution in [2.24, 2.45) is 0 Å². The number of hydrogen-bond donors (Lipinski definition) is 0. The predicted octanol–water partition coefficient (Wildman–Crippen LogP) is 1.89. The maximum atomic E-state index is 11.8. The quantitative estimate of drug-likeness (QED) is 0.682. The topological polar surface area (TPSA) is 58.4 Å². The Labute approximate surface area is 108 Å². The fourth-order valence-corrected chi connectivity index (χ4v) is 1.31. The van der Waals surface area contributed by atoms with Crippen molar-refractivity contribution in [2.75, 3.05) is 19.8 Å². The van der Waals surface area contributed by atoms with Crippen molar-refractivity contribution in [3.8, 4) is 0 Å². The van der Waals surface area contributed by atoms with Crippen molar-refractivity contribution in [3.05, 3.63) is 11.9 Å². The average molecular weight is 283 g/mol. The first-order valence-electron chi connectivity index (χ1n) is 5.80. The molecule has 1 rings (SSSR count). The largest absolute Gasteiger partial charge is 0.522 e. The summed E-state index contributed by atoms with van der Waals surface area (Å²) in [6, 6.07) is 0. The molecule has 0 atom stereocenters. The molecule has 0 aliphatic carbocycles. The molecule has 0 N–H and O–H groups in total. The van der Waals surface area contributed by atoms with Crippen molar-refractivity contribution in [3.63, 3.8) is 0 Å². The van der Waals surface area contributed by atoms with Crippen LogP contribution in [-0.2, 0) is 20.8 Å². The van der Waals surface area contributed by atoms with E-state index >= 15 is 0 Å². The van der Waals surface area contributed by atoms with E-state index in [9.17, 15) is 13.2 Å². The van der Waals surface area contributed by atoms with Crippen molar-refractivity contribution in [1.29, 1.82) is 0 Å². The molecule has 1 heterocycles. The molecule has 1 aromatic heterocycles. The number of hydrogen-bond acceptors (Lipinski definition) is 5. The number of halogens is 3. The zero-order valence-corrected chi connectivity index (χ0v) is 10.7. The molecule has 0 fully saturated rings. The van der Waals surface area contributed by atoms with Crippen LogP contribution in [-0.4, -0.2) is 41.2 Å².